The molecule has 0 saturated carbocycles. The van der Waals surface area contributed by atoms with Gasteiger partial charge < -0.3 is 14.9 Å². The molecule has 1 fully saturated rings. The van der Waals surface area contributed by atoms with Crippen LogP contribution in [-0.4, -0.2) is 48.3 Å². The molecule has 4 heteroatoms. The van der Waals surface area contributed by atoms with Crippen molar-refractivity contribution in [3.05, 3.63) is 23.5 Å². The average Bonchev–Trinajstić information content (AvgIpc) is 2.45. The summed E-state index contributed by atoms with van der Waals surface area (Å²) in [5, 5.41) is 9.92. The Morgan fingerprint density at radius 1 is 1.43 bits per heavy atom. The number of piperidine rings is 1. The van der Waals surface area contributed by atoms with E-state index in [-0.39, 0.29) is 6.10 Å². The van der Waals surface area contributed by atoms with Crippen molar-refractivity contribution in [3.63, 3.8) is 0 Å². The largest absolute Gasteiger partial charge is 0.391 e. The predicted molar refractivity (Wildman–Crippen MR) is 87.8 cm³/mol. The van der Waals surface area contributed by atoms with Crippen LogP contribution in [0.3, 0.4) is 0 Å². The number of hydrogen-bond acceptors (Lipinski definition) is 4. The lowest BCUT2D eigenvalue weighted by molar-refractivity contribution is 0.154. The van der Waals surface area contributed by atoms with E-state index in [1.807, 2.05) is 0 Å². The highest BCUT2D eigenvalue weighted by atomic mass is 16.3. The van der Waals surface area contributed by atoms with Crippen LogP contribution in [0.1, 0.15) is 50.4 Å². The Balaban J connectivity index is 2.30. The molecule has 0 aromatic carbocycles. The molecule has 0 spiro atoms. The molecule has 118 valence electrons. The van der Waals surface area contributed by atoms with Crippen molar-refractivity contribution in [3.8, 4) is 0 Å². The maximum Gasteiger partial charge on any atom is 0.0780 e. The molecule has 2 rings (SSSR count). The second-order valence-electron chi connectivity index (χ2n) is 6.49. The average molecular weight is 291 g/mol. The molecule has 1 aromatic heterocycles. The monoisotopic (exact) mass is 291 g/mol. The SMILES string of the molecule is CCC(C)c1ccc(N2CCCC(O)C2)c(CN(C)C)n1. The minimum atomic E-state index is -0.208. The molecular weight excluding hydrogens is 262 g/mol. The van der Waals surface area contributed by atoms with Crippen LogP contribution >= 0.6 is 0 Å². The Labute approximate surface area is 128 Å². The molecule has 1 aliphatic rings. The number of rotatable bonds is 5. The van der Waals surface area contributed by atoms with Crippen LogP contribution in [0, 0.1) is 0 Å². The van der Waals surface area contributed by atoms with Crippen LogP contribution in [0.4, 0.5) is 5.69 Å². The lowest BCUT2D eigenvalue weighted by Crippen LogP contribution is -2.39. The fourth-order valence-electron chi connectivity index (χ4n) is 2.87. The van der Waals surface area contributed by atoms with Crippen LogP contribution in [0.2, 0.25) is 0 Å². The van der Waals surface area contributed by atoms with Crippen molar-refractivity contribution in [2.24, 2.45) is 0 Å². The topological polar surface area (TPSA) is 39.6 Å². The van der Waals surface area contributed by atoms with E-state index in [2.05, 4.69) is 49.9 Å². The lowest BCUT2D eigenvalue weighted by Gasteiger charge is -2.33. The van der Waals surface area contributed by atoms with E-state index in [1.165, 1.54) is 11.4 Å². The Bertz CT molecular complexity index is 461. The summed E-state index contributed by atoms with van der Waals surface area (Å²) in [6.45, 7) is 7.01. The molecule has 1 aliphatic heterocycles. The number of nitrogens with zero attached hydrogens (tertiary/aromatic N) is 3. The molecule has 21 heavy (non-hydrogen) atoms. The highest BCUT2D eigenvalue weighted by molar-refractivity contribution is 5.52. The van der Waals surface area contributed by atoms with Crippen LogP contribution in [0.25, 0.3) is 0 Å². The van der Waals surface area contributed by atoms with Gasteiger partial charge in [0, 0.05) is 25.3 Å². The molecule has 4 nitrogen and oxygen atoms in total. The molecule has 0 aliphatic carbocycles. The molecule has 2 unspecified atom stereocenters. The molecule has 1 saturated heterocycles. The van der Waals surface area contributed by atoms with Gasteiger partial charge in [-0.15, -0.1) is 0 Å². The van der Waals surface area contributed by atoms with Crippen molar-refractivity contribution < 1.29 is 5.11 Å². The van der Waals surface area contributed by atoms with Crippen LogP contribution in [-0.2, 0) is 6.54 Å². The molecule has 2 atom stereocenters. The zero-order chi connectivity index (χ0) is 15.4. The van der Waals surface area contributed by atoms with Gasteiger partial charge in [0.2, 0.25) is 0 Å². The van der Waals surface area contributed by atoms with E-state index in [9.17, 15) is 5.11 Å². The van der Waals surface area contributed by atoms with Gasteiger partial charge in [0.1, 0.15) is 0 Å². The molecule has 0 bridgehead atoms. The second kappa shape index (κ2) is 7.23. The van der Waals surface area contributed by atoms with Gasteiger partial charge in [-0.25, -0.2) is 0 Å². The van der Waals surface area contributed by atoms with E-state index in [4.69, 9.17) is 4.98 Å². The number of anilines is 1. The minimum absolute atomic E-state index is 0.208. The molecule has 0 amide bonds. The van der Waals surface area contributed by atoms with Gasteiger partial charge in [-0.1, -0.05) is 13.8 Å². The fraction of sp³-hybridized carbons (Fsp3) is 0.706. The highest BCUT2D eigenvalue weighted by Crippen LogP contribution is 2.27. The van der Waals surface area contributed by atoms with Gasteiger partial charge in [-0.2, -0.15) is 0 Å². The van der Waals surface area contributed by atoms with E-state index < -0.39 is 0 Å². The first-order chi connectivity index (χ1) is 10.0. The Kier molecular flexibility index (Phi) is 5.59. The Hall–Kier alpha value is -1.13. The van der Waals surface area contributed by atoms with Crippen molar-refractivity contribution in [1.29, 1.82) is 0 Å². The van der Waals surface area contributed by atoms with Gasteiger partial charge >= 0.3 is 0 Å². The van der Waals surface area contributed by atoms with Gasteiger partial charge in [-0.05, 0) is 51.4 Å². The molecule has 0 radical (unpaired) electrons. The van der Waals surface area contributed by atoms with E-state index in [0.717, 1.165) is 44.6 Å². The quantitative estimate of drug-likeness (QED) is 0.905. The van der Waals surface area contributed by atoms with Gasteiger partial charge in [0.15, 0.2) is 0 Å². The molecule has 2 heterocycles. The zero-order valence-electron chi connectivity index (χ0n) is 13.8. The second-order valence-corrected chi connectivity index (χ2v) is 6.49. The fourth-order valence-corrected chi connectivity index (χ4v) is 2.87. The normalized spacial score (nSPS) is 20.9. The smallest absolute Gasteiger partial charge is 0.0780 e. The van der Waals surface area contributed by atoms with Crippen molar-refractivity contribution in [1.82, 2.24) is 9.88 Å². The lowest BCUT2D eigenvalue weighted by atomic mass is 10.0. The summed E-state index contributed by atoms with van der Waals surface area (Å²) in [6.07, 6.45) is 2.87. The zero-order valence-corrected chi connectivity index (χ0v) is 13.8. The first-order valence-electron chi connectivity index (χ1n) is 8.08. The minimum Gasteiger partial charge on any atom is -0.391 e. The summed E-state index contributed by atoms with van der Waals surface area (Å²) < 4.78 is 0. The van der Waals surface area contributed by atoms with Crippen molar-refractivity contribution in [2.45, 2.75) is 51.7 Å². The standard InChI is InChI=1S/C17H29N3O/c1-5-13(2)15-8-9-17(16(18-15)12-19(3)4)20-10-6-7-14(21)11-20/h8-9,13-14,21H,5-7,10-12H2,1-4H3. The molecule has 1 aromatic rings. The van der Waals surface area contributed by atoms with Gasteiger partial charge in [0.25, 0.3) is 0 Å². The summed E-state index contributed by atoms with van der Waals surface area (Å²) in [4.78, 5) is 9.37. The summed E-state index contributed by atoms with van der Waals surface area (Å²) in [7, 11) is 4.15. The molecular formula is C17H29N3O. The maximum atomic E-state index is 9.92. The Morgan fingerprint density at radius 3 is 2.81 bits per heavy atom. The number of pyridine rings is 1. The number of β-amino-alcohol motifs (C(OH)–C–C–N with tert-alkyl or cyclic N) is 1. The van der Waals surface area contributed by atoms with Crippen LogP contribution in [0.15, 0.2) is 12.1 Å². The van der Waals surface area contributed by atoms with Crippen LogP contribution < -0.4 is 4.90 Å². The molecule has 1 N–H and O–H groups in total. The van der Waals surface area contributed by atoms with Gasteiger partial charge in [0.05, 0.1) is 17.5 Å². The summed E-state index contributed by atoms with van der Waals surface area (Å²) in [5.41, 5.74) is 3.50. The third kappa shape index (κ3) is 4.17. The Morgan fingerprint density at radius 2 is 2.19 bits per heavy atom. The van der Waals surface area contributed by atoms with E-state index in [1.54, 1.807) is 0 Å². The third-order valence-corrected chi connectivity index (χ3v) is 4.29. The summed E-state index contributed by atoms with van der Waals surface area (Å²) >= 11 is 0. The maximum absolute atomic E-state index is 9.92. The number of aliphatic hydroxyl groups excluding tert-OH is 1. The number of aromatic nitrogens is 1. The summed E-state index contributed by atoms with van der Waals surface area (Å²) in [5.74, 6) is 0.493. The van der Waals surface area contributed by atoms with E-state index >= 15 is 0 Å². The number of aliphatic hydroxyl groups is 1. The third-order valence-electron chi connectivity index (χ3n) is 4.29. The van der Waals surface area contributed by atoms with Crippen LogP contribution in [0.5, 0.6) is 0 Å². The summed E-state index contributed by atoms with van der Waals surface area (Å²) in [6, 6.07) is 4.36. The van der Waals surface area contributed by atoms with Crippen molar-refractivity contribution >= 4 is 5.69 Å². The first-order valence-corrected chi connectivity index (χ1v) is 8.08. The predicted octanol–water partition coefficient (Wildman–Crippen LogP) is 2.62. The van der Waals surface area contributed by atoms with E-state index in [0.29, 0.717) is 5.92 Å². The highest BCUT2D eigenvalue weighted by Gasteiger charge is 2.21. The van der Waals surface area contributed by atoms with Gasteiger partial charge in [-0.3, -0.25) is 4.98 Å². The first kappa shape index (κ1) is 16.2. The van der Waals surface area contributed by atoms with Crippen molar-refractivity contribution in [2.75, 3.05) is 32.1 Å². The number of hydrogen-bond donors (Lipinski definition) is 1.